The van der Waals surface area contributed by atoms with E-state index in [-0.39, 0.29) is 12.6 Å². The summed E-state index contributed by atoms with van der Waals surface area (Å²) < 4.78 is 4.72. The molecule has 0 heterocycles. The number of ether oxygens (including phenoxy) is 1. The molecule has 0 fully saturated rings. The second kappa shape index (κ2) is 7.92. The summed E-state index contributed by atoms with van der Waals surface area (Å²) in [6.45, 7) is 6.06. The first-order valence-electron chi connectivity index (χ1n) is 6.60. The average molecular weight is 265 g/mol. The van der Waals surface area contributed by atoms with Gasteiger partial charge in [0.15, 0.2) is 0 Å². The van der Waals surface area contributed by atoms with Crippen molar-refractivity contribution in [1.82, 2.24) is 4.90 Å². The summed E-state index contributed by atoms with van der Waals surface area (Å²) in [5.74, 6) is -0.312. The van der Waals surface area contributed by atoms with Crippen molar-refractivity contribution in [3.05, 3.63) is 35.4 Å². The molecule has 4 nitrogen and oxygen atoms in total. The van der Waals surface area contributed by atoms with Crippen LogP contribution in [0.5, 0.6) is 0 Å². The molecule has 106 valence electrons. The minimum Gasteiger partial charge on any atom is -0.465 e. The lowest BCUT2D eigenvalue weighted by molar-refractivity contribution is 0.0600. The Balaban J connectivity index is 2.76. The molecule has 0 atom stereocenters. The molecule has 1 N–H and O–H groups in total. The van der Waals surface area contributed by atoms with Crippen molar-refractivity contribution in [3.8, 4) is 0 Å². The predicted molar refractivity (Wildman–Crippen MR) is 75.0 cm³/mol. The Hall–Kier alpha value is -1.39. The maximum Gasteiger partial charge on any atom is 0.337 e. The van der Waals surface area contributed by atoms with Crippen LogP contribution in [0.4, 0.5) is 0 Å². The number of rotatable bonds is 7. The van der Waals surface area contributed by atoms with Crippen molar-refractivity contribution in [2.45, 2.75) is 32.9 Å². The van der Waals surface area contributed by atoms with Gasteiger partial charge in [-0.3, -0.25) is 4.90 Å². The number of methoxy groups -OCH3 is 1. The van der Waals surface area contributed by atoms with Crippen LogP contribution in [-0.2, 0) is 11.3 Å². The van der Waals surface area contributed by atoms with E-state index in [1.165, 1.54) is 7.11 Å². The molecular formula is C15H23NO3. The van der Waals surface area contributed by atoms with Crippen molar-refractivity contribution in [3.63, 3.8) is 0 Å². The topological polar surface area (TPSA) is 49.8 Å². The van der Waals surface area contributed by atoms with Gasteiger partial charge in [0.1, 0.15) is 0 Å². The number of carbonyl (C=O) groups excluding carboxylic acids is 1. The fourth-order valence-corrected chi connectivity index (χ4v) is 1.94. The Morgan fingerprint density at radius 2 is 2.16 bits per heavy atom. The van der Waals surface area contributed by atoms with Gasteiger partial charge < -0.3 is 9.84 Å². The Morgan fingerprint density at radius 3 is 2.74 bits per heavy atom. The molecule has 0 saturated heterocycles. The molecule has 1 aromatic rings. The van der Waals surface area contributed by atoms with Crippen LogP contribution in [0.1, 0.15) is 36.2 Å². The van der Waals surface area contributed by atoms with Crippen LogP contribution in [0, 0.1) is 0 Å². The summed E-state index contributed by atoms with van der Waals surface area (Å²) in [5, 5.41) is 8.92. The van der Waals surface area contributed by atoms with Gasteiger partial charge in [0.25, 0.3) is 0 Å². The van der Waals surface area contributed by atoms with Gasteiger partial charge in [-0.2, -0.15) is 0 Å². The molecule has 0 aliphatic rings. The van der Waals surface area contributed by atoms with E-state index in [0.717, 1.165) is 25.1 Å². The fraction of sp³-hybridized carbons (Fsp3) is 0.533. The normalized spacial score (nSPS) is 11.1. The third-order valence-corrected chi connectivity index (χ3v) is 3.07. The fourth-order valence-electron chi connectivity index (χ4n) is 1.94. The Kier molecular flexibility index (Phi) is 6.53. The Bertz CT molecular complexity index is 404. The maximum absolute atomic E-state index is 11.5. The van der Waals surface area contributed by atoms with Crippen molar-refractivity contribution >= 4 is 5.97 Å². The quantitative estimate of drug-likeness (QED) is 0.767. The number of nitrogens with zero attached hydrogens (tertiary/aromatic N) is 1. The minimum atomic E-state index is -0.312. The van der Waals surface area contributed by atoms with E-state index in [1.807, 2.05) is 18.2 Å². The number of aliphatic hydroxyl groups is 1. The highest BCUT2D eigenvalue weighted by Crippen LogP contribution is 2.12. The standard InChI is InChI=1S/C15H23NO3/c1-12(2)16(8-5-9-17)11-13-6-4-7-14(10-13)15(18)19-3/h4,6-7,10,12,17H,5,8-9,11H2,1-3H3. The van der Waals surface area contributed by atoms with E-state index in [1.54, 1.807) is 6.07 Å². The van der Waals surface area contributed by atoms with Crippen LogP contribution in [0.25, 0.3) is 0 Å². The molecule has 0 aliphatic heterocycles. The molecular weight excluding hydrogens is 242 g/mol. The minimum absolute atomic E-state index is 0.200. The van der Waals surface area contributed by atoms with Gasteiger partial charge in [0.2, 0.25) is 0 Å². The van der Waals surface area contributed by atoms with E-state index in [4.69, 9.17) is 9.84 Å². The van der Waals surface area contributed by atoms with Crippen molar-refractivity contribution in [1.29, 1.82) is 0 Å². The highest BCUT2D eigenvalue weighted by Gasteiger charge is 2.11. The lowest BCUT2D eigenvalue weighted by atomic mass is 10.1. The van der Waals surface area contributed by atoms with E-state index >= 15 is 0 Å². The van der Waals surface area contributed by atoms with Crippen LogP contribution in [-0.4, -0.2) is 42.3 Å². The molecule has 0 aromatic heterocycles. The predicted octanol–water partition coefficient (Wildman–Crippen LogP) is 2.07. The molecule has 0 unspecified atom stereocenters. The Labute approximate surface area is 115 Å². The van der Waals surface area contributed by atoms with Gasteiger partial charge >= 0.3 is 5.97 Å². The van der Waals surface area contributed by atoms with Gasteiger partial charge in [0, 0.05) is 25.7 Å². The van der Waals surface area contributed by atoms with E-state index in [9.17, 15) is 4.79 Å². The molecule has 0 aliphatic carbocycles. The second-order valence-corrected chi connectivity index (χ2v) is 4.83. The molecule has 0 amide bonds. The van der Waals surface area contributed by atoms with Crippen molar-refractivity contribution in [2.24, 2.45) is 0 Å². The second-order valence-electron chi connectivity index (χ2n) is 4.83. The molecule has 0 radical (unpaired) electrons. The highest BCUT2D eigenvalue weighted by molar-refractivity contribution is 5.89. The zero-order chi connectivity index (χ0) is 14.3. The zero-order valence-corrected chi connectivity index (χ0v) is 11.9. The van der Waals surface area contributed by atoms with Gasteiger partial charge in [-0.05, 0) is 38.0 Å². The third kappa shape index (κ3) is 5.01. The summed E-state index contributed by atoms with van der Waals surface area (Å²) in [6, 6.07) is 7.88. The smallest absolute Gasteiger partial charge is 0.337 e. The van der Waals surface area contributed by atoms with Crippen LogP contribution >= 0.6 is 0 Å². The summed E-state index contributed by atoms with van der Waals surface area (Å²) in [4.78, 5) is 13.8. The summed E-state index contributed by atoms with van der Waals surface area (Å²) in [7, 11) is 1.39. The molecule has 0 saturated carbocycles. The number of hydrogen-bond donors (Lipinski definition) is 1. The first-order chi connectivity index (χ1) is 9.08. The highest BCUT2D eigenvalue weighted by atomic mass is 16.5. The van der Waals surface area contributed by atoms with E-state index in [2.05, 4.69) is 18.7 Å². The van der Waals surface area contributed by atoms with Gasteiger partial charge in [-0.25, -0.2) is 4.79 Å². The zero-order valence-electron chi connectivity index (χ0n) is 11.9. The summed E-state index contributed by atoms with van der Waals surface area (Å²) in [5.41, 5.74) is 1.65. The number of esters is 1. The first kappa shape index (κ1) is 15.7. The molecule has 0 spiro atoms. The number of hydrogen-bond acceptors (Lipinski definition) is 4. The third-order valence-electron chi connectivity index (χ3n) is 3.07. The summed E-state index contributed by atoms with van der Waals surface area (Å²) >= 11 is 0. The van der Waals surface area contributed by atoms with Crippen LogP contribution < -0.4 is 0 Å². The molecule has 0 bridgehead atoms. The molecule has 1 rings (SSSR count). The van der Waals surface area contributed by atoms with Crippen molar-refractivity contribution < 1.29 is 14.6 Å². The lowest BCUT2D eigenvalue weighted by Gasteiger charge is -2.26. The molecule has 4 heteroatoms. The van der Waals surface area contributed by atoms with Crippen LogP contribution in [0.3, 0.4) is 0 Å². The Morgan fingerprint density at radius 1 is 1.42 bits per heavy atom. The summed E-state index contributed by atoms with van der Waals surface area (Å²) in [6.07, 6.45) is 0.759. The van der Waals surface area contributed by atoms with Gasteiger partial charge in [-0.1, -0.05) is 12.1 Å². The van der Waals surface area contributed by atoms with Crippen LogP contribution in [0.15, 0.2) is 24.3 Å². The lowest BCUT2D eigenvalue weighted by Crippen LogP contribution is -2.31. The van der Waals surface area contributed by atoms with Gasteiger partial charge in [0.05, 0.1) is 12.7 Å². The van der Waals surface area contributed by atoms with Crippen molar-refractivity contribution in [2.75, 3.05) is 20.3 Å². The van der Waals surface area contributed by atoms with Crippen LogP contribution in [0.2, 0.25) is 0 Å². The maximum atomic E-state index is 11.5. The first-order valence-corrected chi connectivity index (χ1v) is 6.60. The van der Waals surface area contributed by atoms with E-state index < -0.39 is 0 Å². The number of aliphatic hydroxyl groups excluding tert-OH is 1. The average Bonchev–Trinajstić information content (AvgIpc) is 2.42. The van der Waals surface area contributed by atoms with E-state index in [0.29, 0.717) is 11.6 Å². The SMILES string of the molecule is COC(=O)c1cccc(CN(CCCO)C(C)C)c1. The largest absolute Gasteiger partial charge is 0.465 e. The monoisotopic (exact) mass is 265 g/mol. The van der Waals surface area contributed by atoms with Gasteiger partial charge in [-0.15, -0.1) is 0 Å². The number of carbonyl (C=O) groups is 1. The molecule has 19 heavy (non-hydrogen) atoms. The molecule has 1 aromatic carbocycles. The number of benzene rings is 1.